The van der Waals surface area contributed by atoms with E-state index in [0.717, 1.165) is 0 Å². The Morgan fingerprint density at radius 2 is 1.58 bits per heavy atom. The van der Waals surface area contributed by atoms with Gasteiger partial charge in [-0.05, 0) is 43.7 Å². The van der Waals surface area contributed by atoms with E-state index in [-0.39, 0.29) is 18.1 Å². The summed E-state index contributed by atoms with van der Waals surface area (Å²) in [5.74, 6) is 0.410. The number of carbonyl (C=O) groups excluding carboxylic acids is 2. The van der Waals surface area contributed by atoms with Crippen molar-refractivity contribution in [3.8, 4) is 11.5 Å². The summed E-state index contributed by atoms with van der Waals surface area (Å²) in [6.07, 6.45) is 1.64. The molecular weight excluding hydrogens is 418 g/mol. The Morgan fingerprint density at radius 3 is 2.27 bits per heavy atom. The van der Waals surface area contributed by atoms with Gasteiger partial charge in [-0.1, -0.05) is 36.4 Å². The molecule has 0 spiro atoms. The van der Waals surface area contributed by atoms with E-state index in [2.05, 4.69) is 10.3 Å². The molecule has 33 heavy (non-hydrogen) atoms. The number of aromatic nitrogens is 1. The molecule has 7 nitrogen and oxygen atoms in total. The van der Waals surface area contributed by atoms with Gasteiger partial charge in [-0.3, -0.25) is 19.5 Å². The summed E-state index contributed by atoms with van der Waals surface area (Å²) in [6, 6.07) is 19.9. The Bertz CT molecular complexity index is 1180. The van der Waals surface area contributed by atoms with Crippen LogP contribution in [0.3, 0.4) is 0 Å². The molecule has 1 aliphatic heterocycles. The summed E-state index contributed by atoms with van der Waals surface area (Å²) in [7, 11) is 0. The number of benzene rings is 2. The van der Waals surface area contributed by atoms with Crippen molar-refractivity contribution in [2.45, 2.75) is 20.4 Å². The summed E-state index contributed by atoms with van der Waals surface area (Å²) in [5.41, 5.74) is 2.45. The number of rotatable bonds is 9. The van der Waals surface area contributed by atoms with E-state index < -0.39 is 5.91 Å². The van der Waals surface area contributed by atoms with Crippen molar-refractivity contribution in [3.63, 3.8) is 0 Å². The summed E-state index contributed by atoms with van der Waals surface area (Å²) in [6.45, 7) is 4.86. The van der Waals surface area contributed by atoms with Gasteiger partial charge in [0.15, 0.2) is 11.5 Å². The molecule has 1 N–H and O–H groups in total. The summed E-state index contributed by atoms with van der Waals surface area (Å²) >= 11 is 0. The molecule has 0 radical (unpaired) electrons. The second-order valence-corrected chi connectivity index (χ2v) is 7.29. The second kappa shape index (κ2) is 9.99. The summed E-state index contributed by atoms with van der Waals surface area (Å²) < 4.78 is 11.3. The molecule has 7 heteroatoms. The van der Waals surface area contributed by atoms with Gasteiger partial charge >= 0.3 is 0 Å². The fourth-order valence-electron chi connectivity index (χ4n) is 3.64. The minimum atomic E-state index is -0.406. The first-order chi connectivity index (χ1) is 16.1. The van der Waals surface area contributed by atoms with Crippen LogP contribution in [0.1, 0.15) is 25.1 Å². The lowest BCUT2D eigenvalue weighted by atomic mass is 10.0. The first kappa shape index (κ1) is 22.1. The van der Waals surface area contributed by atoms with E-state index in [0.29, 0.717) is 47.2 Å². The fourth-order valence-corrected chi connectivity index (χ4v) is 3.64. The largest absolute Gasteiger partial charge is 0.490 e. The normalized spacial score (nSPS) is 13.5. The highest BCUT2D eigenvalue weighted by atomic mass is 16.5. The topological polar surface area (TPSA) is 80.8 Å². The first-order valence-corrected chi connectivity index (χ1v) is 10.8. The maximum absolute atomic E-state index is 13.4. The molecule has 0 aliphatic carbocycles. The van der Waals surface area contributed by atoms with Gasteiger partial charge in [0.25, 0.3) is 11.8 Å². The third-order valence-corrected chi connectivity index (χ3v) is 5.09. The molecule has 2 aromatic carbocycles. The van der Waals surface area contributed by atoms with Crippen LogP contribution in [0.2, 0.25) is 0 Å². The number of hydrogen-bond donors (Lipinski definition) is 1. The third kappa shape index (κ3) is 4.72. The van der Waals surface area contributed by atoms with Crippen LogP contribution in [0.15, 0.2) is 78.6 Å². The van der Waals surface area contributed by atoms with Crippen LogP contribution >= 0.6 is 0 Å². The first-order valence-electron chi connectivity index (χ1n) is 10.8. The van der Waals surface area contributed by atoms with Crippen molar-refractivity contribution >= 4 is 23.1 Å². The third-order valence-electron chi connectivity index (χ3n) is 5.09. The lowest BCUT2D eigenvalue weighted by molar-refractivity contribution is -0.137. The molecule has 0 saturated carbocycles. The molecule has 1 aliphatic rings. The van der Waals surface area contributed by atoms with E-state index in [9.17, 15) is 9.59 Å². The van der Waals surface area contributed by atoms with E-state index in [1.807, 2.05) is 50.2 Å². The number of amides is 2. The van der Waals surface area contributed by atoms with Gasteiger partial charge in [0, 0.05) is 18.0 Å². The molecular formula is C26H25N3O4. The predicted molar refractivity (Wildman–Crippen MR) is 126 cm³/mol. The van der Waals surface area contributed by atoms with Crippen molar-refractivity contribution in [2.24, 2.45) is 0 Å². The van der Waals surface area contributed by atoms with Crippen molar-refractivity contribution in [2.75, 3.05) is 18.5 Å². The Kier molecular flexibility index (Phi) is 6.69. The molecule has 2 heterocycles. The number of pyridine rings is 1. The van der Waals surface area contributed by atoms with Gasteiger partial charge in [-0.2, -0.15) is 0 Å². The van der Waals surface area contributed by atoms with Crippen LogP contribution in [0, 0.1) is 0 Å². The second-order valence-electron chi connectivity index (χ2n) is 7.29. The number of carbonyl (C=O) groups is 2. The van der Waals surface area contributed by atoms with Crippen molar-refractivity contribution in [3.05, 3.63) is 89.9 Å². The Morgan fingerprint density at radius 1 is 0.848 bits per heavy atom. The molecule has 0 fully saturated rings. The van der Waals surface area contributed by atoms with E-state index in [1.54, 1.807) is 36.5 Å². The summed E-state index contributed by atoms with van der Waals surface area (Å²) in [5, 5.41) is 3.17. The standard InChI is InChI=1S/C26H25N3O4/c1-3-32-21-14-13-19(16-22(21)33-4-2)28-24-23(18-10-6-5-7-11-18)25(30)29(26(24)31)17-20-12-8-9-15-27-20/h5-16,28H,3-4,17H2,1-2H3. The van der Waals surface area contributed by atoms with Crippen LogP contribution in [-0.2, 0) is 16.1 Å². The minimum absolute atomic E-state index is 0.0908. The molecule has 4 rings (SSSR count). The average Bonchev–Trinajstić information content (AvgIpc) is 3.06. The highest BCUT2D eigenvalue weighted by Crippen LogP contribution is 2.34. The highest BCUT2D eigenvalue weighted by molar-refractivity contribution is 6.36. The fraction of sp³-hybridized carbons (Fsp3) is 0.192. The van der Waals surface area contributed by atoms with E-state index in [1.165, 1.54) is 4.90 Å². The van der Waals surface area contributed by atoms with Gasteiger partial charge in [0.1, 0.15) is 5.70 Å². The van der Waals surface area contributed by atoms with Gasteiger partial charge in [-0.15, -0.1) is 0 Å². The van der Waals surface area contributed by atoms with E-state index >= 15 is 0 Å². The van der Waals surface area contributed by atoms with Crippen LogP contribution in [0.5, 0.6) is 11.5 Å². The number of ether oxygens (including phenoxy) is 2. The number of hydrogen-bond acceptors (Lipinski definition) is 6. The van der Waals surface area contributed by atoms with Crippen LogP contribution in [0.4, 0.5) is 5.69 Å². The predicted octanol–water partition coefficient (Wildman–Crippen LogP) is 4.27. The molecule has 1 aromatic heterocycles. The number of imide groups is 1. The van der Waals surface area contributed by atoms with Crippen LogP contribution < -0.4 is 14.8 Å². The van der Waals surface area contributed by atoms with Crippen LogP contribution in [-0.4, -0.2) is 34.9 Å². The maximum Gasteiger partial charge on any atom is 0.278 e. The zero-order valence-corrected chi connectivity index (χ0v) is 18.6. The number of nitrogens with zero attached hydrogens (tertiary/aromatic N) is 2. The van der Waals surface area contributed by atoms with Gasteiger partial charge < -0.3 is 14.8 Å². The molecule has 3 aromatic rings. The van der Waals surface area contributed by atoms with Gasteiger partial charge in [-0.25, -0.2) is 0 Å². The van der Waals surface area contributed by atoms with Crippen molar-refractivity contribution < 1.29 is 19.1 Å². The zero-order valence-electron chi connectivity index (χ0n) is 18.6. The van der Waals surface area contributed by atoms with Crippen molar-refractivity contribution in [1.29, 1.82) is 0 Å². The number of anilines is 1. The Hall–Kier alpha value is -4.13. The zero-order chi connectivity index (χ0) is 23.2. The highest BCUT2D eigenvalue weighted by Gasteiger charge is 2.39. The minimum Gasteiger partial charge on any atom is -0.490 e. The molecule has 0 bridgehead atoms. The smallest absolute Gasteiger partial charge is 0.278 e. The Labute approximate surface area is 192 Å². The van der Waals surface area contributed by atoms with Crippen molar-refractivity contribution in [1.82, 2.24) is 9.88 Å². The summed E-state index contributed by atoms with van der Waals surface area (Å²) in [4.78, 5) is 32.2. The lowest BCUT2D eigenvalue weighted by Gasteiger charge is -2.15. The van der Waals surface area contributed by atoms with Gasteiger partial charge in [0.05, 0.1) is 31.0 Å². The molecule has 0 atom stereocenters. The lowest BCUT2D eigenvalue weighted by Crippen LogP contribution is -2.32. The SMILES string of the molecule is CCOc1ccc(NC2=C(c3ccccc3)C(=O)N(Cc3ccccn3)C2=O)cc1OCC. The molecule has 2 amide bonds. The quantitative estimate of drug-likeness (QED) is 0.498. The van der Waals surface area contributed by atoms with Gasteiger partial charge in [0.2, 0.25) is 0 Å². The monoisotopic (exact) mass is 443 g/mol. The van der Waals surface area contributed by atoms with E-state index in [4.69, 9.17) is 9.47 Å². The molecule has 168 valence electrons. The number of nitrogens with one attached hydrogen (secondary N) is 1. The van der Waals surface area contributed by atoms with Crippen LogP contribution in [0.25, 0.3) is 5.57 Å². The maximum atomic E-state index is 13.4. The Balaban J connectivity index is 1.71. The molecule has 0 saturated heterocycles. The average molecular weight is 444 g/mol. The molecule has 0 unspecified atom stereocenters.